The summed E-state index contributed by atoms with van der Waals surface area (Å²) in [4.78, 5) is 23.5. The minimum Gasteiger partial charge on any atom is -0.462 e. The van der Waals surface area contributed by atoms with Crippen molar-refractivity contribution in [2.75, 3.05) is 13.2 Å². The number of carbonyl (C=O) groups is 2. The van der Waals surface area contributed by atoms with Crippen LogP contribution < -0.4 is 0 Å². The Morgan fingerprint density at radius 2 is 1.50 bits per heavy atom. The molecule has 0 aromatic heterocycles. The van der Waals surface area contributed by atoms with E-state index in [1.807, 2.05) is 0 Å². The minimum atomic E-state index is -0.339. The normalized spacial score (nSPS) is 35.6. The van der Waals surface area contributed by atoms with Crippen LogP contribution >= 0.6 is 0 Å². The molecule has 2 bridgehead atoms. The van der Waals surface area contributed by atoms with Crippen LogP contribution in [-0.4, -0.2) is 25.2 Å². The molecule has 0 aromatic rings. The highest BCUT2D eigenvalue weighted by molar-refractivity contribution is 5.87. The molecule has 0 aliphatic heterocycles. The van der Waals surface area contributed by atoms with Gasteiger partial charge in [0.1, 0.15) is 0 Å². The summed E-state index contributed by atoms with van der Waals surface area (Å²) >= 11 is 0. The number of allylic oxidation sites excluding steroid dienone is 2. The SMILES string of the molecule is C=C(C)C(=O)OCC1C2CC(C3CC=CC23)C1COC(=O)C(=C)C. The highest BCUT2D eigenvalue weighted by Crippen LogP contribution is 2.61. The van der Waals surface area contributed by atoms with Gasteiger partial charge in [0.25, 0.3) is 0 Å². The molecular weight excluding hydrogens is 304 g/mol. The Kier molecular flexibility index (Phi) is 4.66. The van der Waals surface area contributed by atoms with Crippen LogP contribution in [0, 0.1) is 35.5 Å². The van der Waals surface area contributed by atoms with Crippen LogP contribution in [-0.2, 0) is 19.1 Å². The third-order valence-electron chi connectivity index (χ3n) is 6.01. The van der Waals surface area contributed by atoms with Crippen molar-refractivity contribution in [3.8, 4) is 0 Å². The van der Waals surface area contributed by atoms with E-state index in [0.717, 1.165) is 12.8 Å². The molecule has 4 heteroatoms. The van der Waals surface area contributed by atoms with Gasteiger partial charge in [0.05, 0.1) is 13.2 Å². The van der Waals surface area contributed by atoms with Crippen LogP contribution in [0.1, 0.15) is 26.7 Å². The number of rotatable bonds is 6. The fourth-order valence-electron chi connectivity index (χ4n) is 4.93. The van der Waals surface area contributed by atoms with Crippen LogP contribution in [0.2, 0.25) is 0 Å². The van der Waals surface area contributed by atoms with Crippen molar-refractivity contribution in [1.82, 2.24) is 0 Å². The van der Waals surface area contributed by atoms with Crippen molar-refractivity contribution in [1.29, 1.82) is 0 Å². The van der Waals surface area contributed by atoms with Crippen molar-refractivity contribution in [3.63, 3.8) is 0 Å². The third kappa shape index (κ3) is 2.94. The molecule has 4 nitrogen and oxygen atoms in total. The molecule has 0 heterocycles. The first-order valence-electron chi connectivity index (χ1n) is 8.72. The monoisotopic (exact) mass is 330 g/mol. The second-order valence-electron chi connectivity index (χ2n) is 7.55. The Bertz CT molecular complexity index is 603. The summed E-state index contributed by atoms with van der Waals surface area (Å²) in [5, 5.41) is 0. The maximum absolute atomic E-state index is 11.8. The van der Waals surface area contributed by atoms with E-state index in [1.54, 1.807) is 13.8 Å². The number of carbonyl (C=O) groups excluding carboxylic acids is 2. The fourth-order valence-corrected chi connectivity index (χ4v) is 4.93. The average molecular weight is 330 g/mol. The van der Waals surface area contributed by atoms with Gasteiger partial charge in [0.15, 0.2) is 0 Å². The van der Waals surface area contributed by atoms with Gasteiger partial charge in [-0.15, -0.1) is 0 Å². The van der Waals surface area contributed by atoms with Crippen molar-refractivity contribution >= 4 is 11.9 Å². The van der Waals surface area contributed by atoms with E-state index >= 15 is 0 Å². The van der Waals surface area contributed by atoms with Crippen molar-refractivity contribution in [2.45, 2.75) is 26.7 Å². The second kappa shape index (κ2) is 6.58. The van der Waals surface area contributed by atoms with Gasteiger partial charge in [0.2, 0.25) is 0 Å². The highest BCUT2D eigenvalue weighted by Gasteiger charge is 2.58. The van der Waals surface area contributed by atoms with Crippen LogP contribution in [0.15, 0.2) is 36.5 Å². The van der Waals surface area contributed by atoms with E-state index in [0.29, 0.717) is 48.0 Å². The molecule has 130 valence electrons. The van der Waals surface area contributed by atoms with Crippen molar-refractivity contribution in [3.05, 3.63) is 36.5 Å². The topological polar surface area (TPSA) is 52.6 Å². The fraction of sp³-hybridized carbons (Fsp3) is 0.600. The lowest BCUT2D eigenvalue weighted by Crippen LogP contribution is -2.38. The zero-order valence-corrected chi connectivity index (χ0v) is 14.5. The van der Waals surface area contributed by atoms with Crippen molar-refractivity contribution < 1.29 is 19.1 Å². The lowest BCUT2D eigenvalue weighted by atomic mass is 9.70. The summed E-state index contributed by atoms with van der Waals surface area (Å²) < 4.78 is 10.9. The van der Waals surface area contributed by atoms with Gasteiger partial charge in [0, 0.05) is 23.0 Å². The third-order valence-corrected chi connectivity index (χ3v) is 6.01. The molecule has 2 saturated carbocycles. The zero-order valence-electron chi connectivity index (χ0n) is 14.5. The number of hydrogen-bond acceptors (Lipinski definition) is 4. The summed E-state index contributed by atoms with van der Waals surface area (Å²) in [5.74, 6) is 2.16. The van der Waals surface area contributed by atoms with E-state index < -0.39 is 0 Å². The quantitative estimate of drug-likeness (QED) is 0.426. The molecule has 24 heavy (non-hydrogen) atoms. The first kappa shape index (κ1) is 17.0. The standard InChI is InChI=1S/C20H26O4/c1-11(2)19(21)23-9-17-15-8-16(14-7-5-6-13(14)15)18(17)10-24-20(22)12(3)4/h5-6,13-18H,1,3,7-10H2,2,4H3. The van der Waals surface area contributed by atoms with Crippen LogP contribution in [0.25, 0.3) is 0 Å². The van der Waals surface area contributed by atoms with Crippen LogP contribution in [0.5, 0.6) is 0 Å². The lowest BCUT2D eigenvalue weighted by molar-refractivity contribution is -0.146. The first-order valence-corrected chi connectivity index (χ1v) is 8.72. The maximum atomic E-state index is 11.8. The van der Waals surface area contributed by atoms with Gasteiger partial charge >= 0.3 is 11.9 Å². The van der Waals surface area contributed by atoms with E-state index in [-0.39, 0.29) is 23.8 Å². The van der Waals surface area contributed by atoms with Crippen LogP contribution in [0.3, 0.4) is 0 Å². The van der Waals surface area contributed by atoms with E-state index in [4.69, 9.17) is 9.47 Å². The van der Waals surface area contributed by atoms with Gasteiger partial charge < -0.3 is 9.47 Å². The van der Waals surface area contributed by atoms with Gasteiger partial charge in [-0.25, -0.2) is 9.59 Å². The lowest BCUT2D eigenvalue weighted by Gasteiger charge is -2.37. The highest BCUT2D eigenvalue weighted by atomic mass is 16.5. The minimum absolute atomic E-state index is 0.250. The Morgan fingerprint density at radius 3 is 2.04 bits per heavy atom. The van der Waals surface area contributed by atoms with E-state index in [9.17, 15) is 9.59 Å². The van der Waals surface area contributed by atoms with E-state index in [2.05, 4.69) is 25.3 Å². The summed E-state index contributed by atoms with van der Waals surface area (Å²) in [5.41, 5.74) is 0.839. The molecule has 0 aromatic carbocycles. The zero-order chi connectivity index (χ0) is 17.4. The van der Waals surface area contributed by atoms with Gasteiger partial charge in [-0.05, 0) is 50.4 Å². The predicted octanol–water partition coefficient (Wildman–Crippen LogP) is 3.30. The molecule has 3 rings (SSSR count). The van der Waals surface area contributed by atoms with Gasteiger partial charge in [-0.1, -0.05) is 25.3 Å². The number of esters is 2. The van der Waals surface area contributed by atoms with Gasteiger partial charge in [-0.3, -0.25) is 0 Å². The first-order chi connectivity index (χ1) is 11.4. The smallest absolute Gasteiger partial charge is 0.333 e. The van der Waals surface area contributed by atoms with E-state index in [1.165, 1.54) is 0 Å². The number of fused-ring (bicyclic) bond motifs is 5. The molecule has 0 radical (unpaired) electrons. The Morgan fingerprint density at radius 1 is 0.958 bits per heavy atom. The molecule has 0 amide bonds. The molecule has 3 aliphatic carbocycles. The molecule has 3 aliphatic rings. The average Bonchev–Trinajstić information content (AvgIpc) is 3.20. The summed E-state index contributed by atoms with van der Waals surface area (Å²) in [6, 6.07) is 0. The summed E-state index contributed by atoms with van der Waals surface area (Å²) in [7, 11) is 0. The Labute approximate surface area is 143 Å². The maximum Gasteiger partial charge on any atom is 0.333 e. The summed E-state index contributed by atoms with van der Waals surface area (Å²) in [6.45, 7) is 11.4. The van der Waals surface area contributed by atoms with Crippen molar-refractivity contribution in [2.24, 2.45) is 35.5 Å². The van der Waals surface area contributed by atoms with Gasteiger partial charge in [-0.2, -0.15) is 0 Å². The molecule has 0 N–H and O–H groups in total. The number of hydrogen-bond donors (Lipinski definition) is 0. The molecular formula is C20H26O4. The van der Waals surface area contributed by atoms with Crippen LogP contribution in [0.4, 0.5) is 0 Å². The molecule has 6 atom stereocenters. The second-order valence-corrected chi connectivity index (χ2v) is 7.55. The Balaban J connectivity index is 1.69. The predicted molar refractivity (Wildman–Crippen MR) is 90.9 cm³/mol. The largest absolute Gasteiger partial charge is 0.462 e. The molecule has 2 fully saturated rings. The molecule has 6 unspecified atom stereocenters. The summed E-state index contributed by atoms with van der Waals surface area (Å²) in [6.07, 6.45) is 6.87. The number of ether oxygens (including phenoxy) is 2. The Hall–Kier alpha value is -1.84. The molecule has 0 spiro atoms. The molecule has 0 saturated heterocycles.